The zero-order valence-corrected chi connectivity index (χ0v) is 15.4. The van der Waals surface area contributed by atoms with Crippen molar-refractivity contribution in [3.63, 3.8) is 0 Å². The van der Waals surface area contributed by atoms with Gasteiger partial charge in [0.2, 0.25) is 0 Å². The molecule has 6 heteroatoms. The zero-order chi connectivity index (χ0) is 18.1. The van der Waals surface area contributed by atoms with Gasteiger partial charge in [-0.1, -0.05) is 32.0 Å². The van der Waals surface area contributed by atoms with Gasteiger partial charge in [-0.3, -0.25) is 4.79 Å². The summed E-state index contributed by atoms with van der Waals surface area (Å²) in [4.78, 5) is 15.1. The van der Waals surface area contributed by atoms with E-state index in [2.05, 4.69) is 24.3 Å². The van der Waals surface area contributed by atoms with Crippen molar-refractivity contribution in [2.75, 3.05) is 32.8 Å². The average molecular weight is 354 g/mol. The number of likely N-dealkylation sites (tertiary alicyclic amines) is 1. The van der Waals surface area contributed by atoms with Gasteiger partial charge in [0.15, 0.2) is 11.4 Å². The van der Waals surface area contributed by atoms with Crippen LogP contribution in [0.1, 0.15) is 24.3 Å². The van der Waals surface area contributed by atoms with E-state index in [0.717, 1.165) is 31.9 Å². The zero-order valence-electron chi connectivity index (χ0n) is 15.4. The molecular formula is C20H26N4O2. The maximum absolute atomic E-state index is 13.1. The maximum atomic E-state index is 13.1. The highest BCUT2D eigenvalue weighted by Crippen LogP contribution is 2.29. The average Bonchev–Trinajstić information content (AvgIpc) is 3.34. The Morgan fingerprint density at radius 2 is 1.92 bits per heavy atom. The fourth-order valence-corrected chi connectivity index (χ4v) is 3.75. The van der Waals surface area contributed by atoms with Crippen molar-refractivity contribution in [3.05, 3.63) is 42.2 Å². The molecule has 0 radical (unpaired) electrons. The van der Waals surface area contributed by atoms with Crippen LogP contribution < -0.4 is 10.1 Å². The molecule has 4 rings (SSSR count). The minimum Gasteiger partial charge on any atom is -0.489 e. The molecule has 1 aromatic carbocycles. The van der Waals surface area contributed by atoms with Crippen molar-refractivity contribution < 1.29 is 9.53 Å². The second-order valence-electron chi connectivity index (χ2n) is 7.72. The minimum atomic E-state index is -0.0205. The highest BCUT2D eigenvalue weighted by molar-refractivity contribution is 5.95. The largest absolute Gasteiger partial charge is 0.489 e. The van der Waals surface area contributed by atoms with Gasteiger partial charge in [-0.05, 0) is 29.9 Å². The van der Waals surface area contributed by atoms with E-state index in [1.54, 1.807) is 4.68 Å². The first-order valence-electron chi connectivity index (χ1n) is 9.39. The maximum Gasteiger partial charge on any atom is 0.278 e. The van der Waals surface area contributed by atoms with Gasteiger partial charge in [0.05, 0.1) is 18.5 Å². The van der Waals surface area contributed by atoms with E-state index in [1.165, 1.54) is 0 Å². The molecular weight excluding hydrogens is 328 g/mol. The lowest BCUT2D eigenvalue weighted by molar-refractivity contribution is 0.0770. The van der Waals surface area contributed by atoms with Crippen molar-refractivity contribution in [3.8, 4) is 11.4 Å². The van der Waals surface area contributed by atoms with Gasteiger partial charge in [-0.25, -0.2) is 4.68 Å². The van der Waals surface area contributed by atoms with E-state index < -0.39 is 0 Å². The number of hydrogen-bond donors (Lipinski definition) is 1. The Bertz CT molecular complexity index is 759. The summed E-state index contributed by atoms with van der Waals surface area (Å²) in [5, 5.41) is 7.99. The highest BCUT2D eigenvalue weighted by atomic mass is 16.5. The lowest BCUT2D eigenvalue weighted by atomic mass is 10.0. The summed E-state index contributed by atoms with van der Waals surface area (Å²) < 4.78 is 7.67. The number of fused-ring (bicyclic) bond motifs is 1. The molecule has 3 heterocycles. The van der Waals surface area contributed by atoms with Crippen LogP contribution in [0.4, 0.5) is 0 Å². The van der Waals surface area contributed by atoms with Crippen molar-refractivity contribution >= 4 is 5.91 Å². The van der Waals surface area contributed by atoms with E-state index in [4.69, 9.17) is 4.74 Å². The first kappa shape index (κ1) is 17.1. The van der Waals surface area contributed by atoms with Crippen LogP contribution in [-0.4, -0.2) is 53.4 Å². The fourth-order valence-electron chi connectivity index (χ4n) is 3.75. The Morgan fingerprint density at radius 1 is 1.23 bits per heavy atom. The molecule has 2 atom stereocenters. The molecule has 0 spiro atoms. The van der Waals surface area contributed by atoms with Crippen LogP contribution in [0.3, 0.4) is 0 Å². The summed E-state index contributed by atoms with van der Waals surface area (Å²) in [6.45, 7) is 8.37. The van der Waals surface area contributed by atoms with E-state index in [9.17, 15) is 4.79 Å². The number of amides is 1. The summed E-state index contributed by atoms with van der Waals surface area (Å²) >= 11 is 0. The summed E-state index contributed by atoms with van der Waals surface area (Å²) in [6, 6.07) is 9.83. The number of carbonyl (C=O) groups excluding carboxylic acids is 1. The lowest BCUT2D eigenvalue weighted by Crippen LogP contribution is -2.32. The summed E-state index contributed by atoms with van der Waals surface area (Å²) in [5.74, 6) is 2.07. The van der Waals surface area contributed by atoms with Gasteiger partial charge < -0.3 is 15.0 Å². The number of carbonyl (C=O) groups is 1. The molecule has 2 saturated heterocycles. The number of benzene rings is 1. The summed E-state index contributed by atoms with van der Waals surface area (Å²) in [6.07, 6.45) is 1.82. The van der Waals surface area contributed by atoms with Gasteiger partial charge in [0.1, 0.15) is 0 Å². The van der Waals surface area contributed by atoms with Crippen LogP contribution in [0.25, 0.3) is 5.69 Å². The molecule has 2 fully saturated rings. The van der Waals surface area contributed by atoms with Crippen molar-refractivity contribution in [1.82, 2.24) is 20.0 Å². The number of hydrogen-bond acceptors (Lipinski definition) is 4. The predicted octanol–water partition coefficient (Wildman–Crippen LogP) is 2.20. The number of para-hydroxylation sites is 1. The number of aromatic nitrogens is 2. The van der Waals surface area contributed by atoms with Gasteiger partial charge in [-0.2, -0.15) is 5.10 Å². The number of ether oxygens (including phenoxy) is 1. The lowest BCUT2D eigenvalue weighted by Gasteiger charge is -2.17. The Balaban J connectivity index is 1.60. The molecule has 0 bridgehead atoms. The standard InChI is InChI=1S/C20H26N4O2/c1-14(2)13-26-18-12-24(17-6-4-3-5-7-17)22-19(18)20(25)23-10-15-8-21-9-16(15)11-23/h3-7,12,14-16,21H,8-11,13H2,1-2H3/t15-,16+. The summed E-state index contributed by atoms with van der Waals surface area (Å²) in [5.41, 5.74) is 1.34. The van der Waals surface area contributed by atoms with Crippen LogP contribution >= 0.6 is 0 Å². The highest BCUT2D eigenvalue weighted by Gasteiger charge is 2.39. The van der Waals surface area contributed by atoms with Gasteiger partial charge in [0, 0.05) is 26.2 Å². The Labute approximate surface area is 154 Å². The molecule has 1 aromatic heterocycles. The van der Waals surface area contributed by atoms with Crippen LogP contribution in [0.15, 0.2) is 36.5 Å². The quantitative estimate of drug-likeness (QED) is 0.894. The monoisotopic (exact) mass is 354 g/mol. The number of nitrogens with one attached hydrogen (secondary N) is 1. The van der Waals surface area contributed by atoms with E-state index >= 15 is 0 Å². The molecule has 138 valence electrons. The summed E-state index contributed by atoms with van der Waals surface area (Å²) in [7, 11) is 0. The first-order valence-corrected chi connectivity index (χ1v) is 9.39. The van der Waals surface area contributed by atoms with Crippen LogP contribution in [0.5, 0.6) is 5.75 Å². The first-order chi connectivity index (χ1) is 12.6. The van der Waals surface area contributed by atoms with Crippen molar-refractivity contribution in [2.45, 2.75) is 13.8 Å². The second-order valence-corrected chi connectivity index (χ2v) is 7.72. The third-order valence-corrected chi connectivity index (χ3v) is 5.15. The Kier molecular flexibility index (Phi) is 4.68. The molecule has 0 aliphatic carbocycles. The van der Waals surface area contributed by atoms with Gasteiger partial charge in [0.25, 0.3) is 5.91 Å². The normalized spacial score (nSPS) is 22.0. The predicted molar refractivity (Wildman–Crippen MR) is 99.7 cm³/mol. The molecule has 2 aliphatic rings. The Morgan fingerprint density at radius 3 is 2.58 bits per heavy atom. The molecule has 1 N–H and O–H groups in total. The van der Waals surface area contributed by atoms with E-state index in [-0.39, 0.29) is 5.91 Å². The molecule has 1 amide bonds. The van der Waals surface area contributed by atoms with E-state index in [0.29, 0.717) is 35.8 Å². The van der Waals surface area contributed by atoms with Crippen LogP contribution in [-0.2, 0) is 0 Å². The third kappa shape index (κ3) is 3.33. The topological polar surface area (TPSA) is 59.4 Å². The molecule has 2 aromatic rings. The van der Waals surface area contributed by atoms with E-state index in [1.807, 2.05) is 41.4 Å². The minimum absolute atomic E-state index is 0.0205. The molecule has 6 nitrogen and oxygen atoms in total. The number of nitrogens with zero attached hydrogens (tertiary/aromatic N) is 3. The van der Waals surface area contributed by atoms with Crippen LogP contribution in [0.2, 0.25) is 0 Å². The smallest absolute Gasteiger partial charge is 0.278 e. The molecule has 0 saturated carbocycles. The van der Waals surface area contributed by atoms with Crippen molar-refractivity contribution in [1.29, 1.82) is 0 Å². The number of rotatable bonds is 5. The Hall–Kier alpha value is -2.34. The van der Waals surface area contributed by atoms with Gasteiger partial charge in [-0.15, -0.1) is 0 Å². The molecule has 2 aliphatic heterocycles. The SMILES string of the molecule is CC(C)COc1cn(-c2ccccc2)nc1C(=O)N1C[C@H]2CNC[C@H]2C1. The van der Waals surface area contributed by atoms with Crippen LogP contribution in [0, 0.1) is 17.8 Å². The van der Waals surface area contributed by atoms with Crippen molar-refractivity contribution in [2.24, 2.45) is 17.8 Å². The fraction of sp³-hybridized carbons (Fsp3) is 0.500. The third-order valence-electron chi connectivity index (χ3n) is 5.15. The molecule has 0 unspecified atom stereocenters. The molecule has 26 heavy (non-hydrogen) atoms. The second kappa shape index (κ2) is 7.11. The van der Waals surface area contributed by atoms with Gasteiger partial charge >= 0.3 is 0 Å².